The highest BCUT2D eigenvalue weighted by molar-refractivity contribution is 5.80. The molecule has 4 heterocycles. The molecule has 2 aliphatic rings. The van der Waals surface area contributed by atoms with Gasteiger partial charge in [-0.15, -0.1) is 5.10 Å². The van der Waals surface area contributed by atoms with Gasteiger partial charge in [0.15, 0.2) is 6.04 Å². The predicted molar refractivity (Wildman–Crippen MR) is 114 cm³/mol. The number of nitrogens with one attached hydrogen (secondary N) is 2. The lowest BCUT2D eigenvalue weighted by Gasteiger charge is -2.30. The van der Waals surface area contributed by atoms with Crippen LogP contribution in [0.3, 0.4) is 0 Å². The van der Waals surface area contributed by atoms with E-state index >= 15 is 0 Å². The van der Waals surface area contributed by atoms with Gasteiger partial charge < -0.3 is 19.4 Å². The van der Waals surface area contributed by atoms with Crippen molar-refractivity contribution in [1.82, 2.24) is 25.2 Å². The number of benzene rings is 1. The summed E-state index contributed by atoms with van der Waals surface area (Å²) < 4.78 is 13.2. The Morgan fingerprint density at radius 3 is 2.77 bits per heavy atom. The second-order valence-electron chi connectivity index (χ2n) is 8.64. The number of quaternary nitrogens is 1. The molecule has 0 saturated carbocycles. The molecule has 9 nitrogen and oxygen atoms in total. The molecular formula is C22H29N6O3+. The van der Waals surface area contributed by atoms with Crippen LogP contribution < -0.4 is 10.5 Å². The van der Waals surface area contributed by atoms with Crippen molar-refractivity contribution in [1.29, 1.82) is 0 Å². The van der Waals surface area contributed by atoms with Gasteiger partial charge in [0.05, 0.1) is 31.4 Å². The SMILES string of the molecule is Cc1cc2cc([C@H](c3nnnn3C[C@@H]3CCCO3)[NH+]3CCOCC3)c(=O)[nH]c2cc1C. The van der Waals surface area contributed by atoms with Crippen LogP contribution in [0.15, 0.2) is 23.0 Å². The highest BCUT2D eigenvalue weighted by atomic mass is 16.5. The number of aromatic nitrogens is 5. The summed E-state index contributed by atoms with van der Waals surface area (Å²) in [5, 5.41) is 13.6. The standard InChI is InChI=1S/C22H28N6O3/c1-14-10-16-12-18(22(29)23-19(16)11-15(14)2)20(27-5-8-30-9-6-27)21-24-25-26-28(21)13-17-4-3-7-31-17/h10-12,17,20H,3-9,13H2,1-2H3,(H,23,29)/p+1/t17-,20+/m0/s1. The van der Waals surface area contributed by atoms with Gasteiger partial charge in [-0.2, -0.15) is 0 Å². The Kier molecular flexibility index (Phi) is 5.56. The fourth-order valence-electron chi connectivity index (χ4n) is 4.70. The molecule has 2 saturated heterocycles. The average molecular weight is 426 g/mol. The number of nitrogens with zero attached hydrogens (tertiary/aromatic N) is 4. The van der Waals surface area contributed by atoms with Gasteiger partial charge >= 0.3 is 0 Å². The zero-order valence-electron chi connectivity index (χ0n) is 18.1. The van der Waals surface area contributed by atoms with Gasteiger partial charge in [-0.25, -0.2) is 4.68 Å². The van der Waals surface area contributed by atoms with Gasteiger partial charge in [0.1, 0.15) is 13.1 Å². The predicted octanol–water partition coefficient (Wildman–Crippen LogP) is 0.315. The quantitative estimate of drug-likeness (QED) is 0.611. The number of aryl methyl sites for hydroxylation is 2. The number of fused-ring (bicyclic) bond motifs is 1. The second-order valence-corrected chi connectivity index (χ2v) is 8.64. The third-order valence-electron chi connectivity index (χ3n) is 6.56. The highest BCUT2D eigenvalue weighted by Gasteiger charge is 2.35. The van der Waals surface area contributed by atoms with E-state index in [0.717, 1.165) is 49.0 Å². The number of aromatic amines is 1. The molecular weight excluding hydrogens is 396 g/mol. The van der Waals surface area contributed by atoms with Crippen LogP contribution in [-0.4, -0.2) is 64.2 Å². The van der Waals surface area contributed by atoms with Crippen molar-refractivity contribution in [3.63, 3.8) is 0 Å². The van der Waals surface area contributed by atoms with E-state index in [2.05, 4.69) is 40.4 Å². The van der Waals surface area contributed by atoms with Crippen LogP contribution >= 0.6 is 0 Å². The fourth-order valence-corrected chi connectivity index (χ4v) is 4.70. The maximum absolute atomic E-state index is 13.3. The second kappa shape index (κ2) is 8.49. The Morgan fingerprint density at radius 2 is 2.00 bits per heavy atom. The van der Waals surface area contributed by atoms with Crippen LogP contribution in [0.5, 0.6) is 0 Å². The molecule has 3 aromatic rings. The van der Waals surface area contributed by atoms with Crippen LogP contribution in [0.4, 0.5) is 0 Å². The number of hydrogen-bond donors (Lipinski definition) is 2. The van der Waals surface area contributed by atoms with E-state index in [1.807, 2.05) is 16.8 Å². The highest BCUT2D eigenvalue weighted by Crippen LogP contribution is 2.22. The van der Waals surface area contributed by atoms with Gasteiger partial charge in [-0.05, 0) is 71.8 Å². The molecule has 2 aliphatic heterocycles. The summed E-state index contributed by atoms with van der Waals surface area (Å²) >= 11 is 0. The summed E-state index contributed by atoms with van der Waals surface area (Å²) in [6.45, 7) is 8.43. The third kappa shape index (κ3) is 4.00. The van der Waals surface area contributed by atoms with Gasteiger partial charge in [0, 0.05) is 12.1 Å². The first-order valence-electron chi connectivity index (χ1n) is 11.0. The molecule has 164 valence electrons. The topological polar surface area (TPSA) is 99.4 Å². The Balaban J connectivity index is 1.61. The molecule has 9 heteroatoms. The van der Waals surface area contributed by atoms with Gasteiger partial charge in [-0.1, -0.05) is 0 Å². The Hall–Kier alpha value is -2.62. The smallest absolute Gasteiger partial charge is 0.258 e. The van der Waals surface area contributed by atoms with Crippen molar-refractivity contribution in [3.8, 4) is 0 Å². The van der Waals surface area contributed by atoms with Crippen LogP contribution in [-0.2, 0) is 16.0 Å². The zero-order valence-corrected chi connectivity index (χ0v) is 18.1. The van der Waals surface area contributed by atoms with Crippen molar-refractivity contribution in [2.24, 2.45) is 0 Å². The van der Waals surface area contributed by atoms with Crippen molar-refractivity contribution in [3.05, 3.63) is 51.1 Å². The molecule has 2 aromatic heterocycles. The number of morpholine rings is 1. The largest absolute Gasteiger partial charge is 0.376 e. The maximum atomic E-state index is 13.3. The van der Waals surface area contributed by atoms with Gasteiger partial charge in [0.2, 0.25) is 5.82 Å². The van der Waals surface area contributed by atoms with Crippen LogP contribution in [0.1, 0.15) is 41.4 Å². The molecule has 0 unspecified atom stereocenters. The van der Waals surface area contributed by atoms with Crippen molar-refractivity contribution in [2.75, 3.05) is 32.9 Å². The summed E-state index contributed by atoms with van der Waals surface area (Å²) in [5.74, 6) is 0.709. The number of tetrazole rings is 1. The minimum Gasteiger partial charge on any atom is -0.376 e. The van der Waals surface area contributed by atoms with E-state index in [9.17, 15) is 4.79 Å². The molecule has 0 bridgehead atoms. The van der Waals surface area contributed by atoms with E-state index in [1.54, 1.807) is 0 Å². The van der Waals surface area contributed by atoms with E-state index < -0.39 is 0 Å². The molecule has 2 atom stereocenters. The Morgan fingerprint density at radius 1 is 1.19 bits per heavy atom. The molecule has 5 rings (SSSR count). The first-order chi connectivity index (χ1) is 15.1. The fraction of sp³-hybridized carbons (Fsp3) is 0.545. The van der Waals surface area contributed by atoms with Crippen LogP contribution in [0, 0.1) is 13.8 Å². The first kappa shape index (κ1) is 20.3. The number of pyridine rings is 1. The lowest BCUT2D eigenvalue weighted by Crippen LogP contribution is -3.14. The molecule has 0 radical (unpaired) electrons. The van der Waals surface area contributed by atoms with E-state index in [4.69, 9.17) is 9.47 Å². The lowest BCUT2D eigenvalue weighted by atomic mass is 10.0. The number of ether oxygens (including phenoxy) is 2. The summed E-state index contributed by atoms with van der Waals surface area (Å²) in [6.07, 6.45) is 2.18. The summed E-state index contributed by atoms with van der Waals surface area (Å²) in [7, 11) is 0. The Bertz CT molecular complexity index is 1130. The zero-order chi connectivity index (χ0) is 21.4. The van der Waals surface area contributed by atoms with Gasteiger partial charge in [-0.3, -0.25) is 4.79 Å². The monoisotopic (exact) mass is 425 g/mol. The van der Waals surface area contributed by atoms with Crippen molar-refractivity contribution in [2.45, 2.75) is 45.4 Å². The Labute approximate surface area is 180 Å². The molecule has 0 aliphatic carbocycles. The van der Waals surface area contributed by atoms with Crippen molar-refractivity contribution < 1.29 is 14.4 Å². The molecule has 2 N–H and O–H groups in total. The summed E-state index contributed by atoms with van der Waals surface area (Å²) in [5.41, 5.74) is 3.81. The lowest BCUT2D eigenvalue weighted by molar-refractivity contribution is -0.933. The van der Waals surface area contributed by atoms with E-state index in [-0.39, 0.29) is 17.7 Å². The minimum absolute atomic E-state index is 0.0913. The molecule has 2 fully saturated rings. The first-order valence-corrected chi connectivity index (χ1v) is 11.0. The molecule has 31 heavy (non-hydrogen) atoms. The van der Waals surface area contributed by atoms with Crippen molar-refractivity contribution >= 4 is 10.9 Å². The number of hydrogen-bond acceptors (Lipinski definition) is 6. The maximum Gasteiger partial charge on any atom is 0.258 e. The van der Waals surface area contributed by atoms with Crippen LogP contribution in [0.25, 0.3) is 10.9 Å². The number of rotatable bonds is 5. The van der Waals surface area contributed by atoms with Crippen LogP contribution in [0.2, 0.25) is 0 Å². The summed E-state index contributed by atoms with van der Waals surface area (Å²) in [4.78, 5) is 17.6. The minimum atomic E-state index is -0.268. The van der Waals surface area contributed by atoms with E-state index in [1.165, 1.54) is 10.5 Å². The molecule has 0 amide bonds. The van der Waals surface area contributed by atoms with E-state index in [0.29, 0.717) is 31.1 Å². The molecule has 1 aromatic carbocycles. The third-order valence-corrected chi connectivity index (χ3v) is 6.56. The average Bonchev–Trinajstić information content (AvgIpc) is 3.44. The summed E-state index contributed by atoms with van der Waals surface area (Å²) in [6, 6.07) is 5.91. The number of H-pyrrole nitrogens is 1. The normalized spacial score (nSPS) is 21.0. The molecule has 0 spiro atoms. The van der Waals surface area contributed by atoms with Gasteiger partial charge in [0.25, 0.3) is 5.56 Å².